The van der Waals surface area contributed by atoms with Crippen LogP contribution in [0.4, 0.5) is 10.2 Å². The third-order valence-electron chi connectivity index (χ3n) is 6.91. The fourth-order valence-electron chi connectivity index (χ4n) is 5.39. The number of ether oxygens (including phenoxy) is 1. The summed E-state index contributed by atoms with van der Waals surface area (Å²) in [5, 5.41) is 5.01. The van der Waals surface area contributed by atoms with Crippen LogP contribution in [0.15, 0.2) is 48.8 Å². The highest BCUT2D eigenvalue weighted by Crippen LogP contribution is 2.48. The first-order valence-corrected chi connectivity index (χ1v) is 11.7. The molecule has 4 heterocycles. The Morgan fingerprint density at radius 3 is 2.82 bits per heavy atom. The van der Waals surface area contributed by atoms with E-state index >= 15 is 0 Å². The summed E-state index contributed by atoms with van der Waals surface area (Å²) in [6, 6.07) is 11.0. The molecule has 7 heteroatoms. The molecule has 1 aliphatic carbocycles. The fraction of sp³-hybridized carbons (Fsp3) is 0.296. The molecule has 4 aromatic rings. The highest BCUT2D eigenvalue weighted by atomic mass is 19.1. The van der Waals surface area contributed by atoms with Crippen LogP contribution in [0.1, 0.15) is 67.6 Å². The molecular formula is C27H26FN5O. The Kier molecular flexibility index (Phi) is 4.69. The highest BCUT2D eigenvalue weighted by molar-refractivity contribution is 5.74. The van der Waals surface area contributed by atoms with E-state index < -0.39 is 6.10 Å². The van der Waals surface area contributed by atoms with Crippen molar-refractivity contribution in [2.75, 3.05) is 5.73 Å². The van der Waals surface area contributed by atoms with Crippen molar-refractivity contribution in [3.05, 3.63) is 77.0 Å². The molecular weight excluding hydrogens is 429 g/mol. The summed E-state index contributed by atoms with van der Waals surface area (Å²) >= 11 is 0. The molecule has 6 rings (SSSR count). The van der Waals surface area contributed by atoms with Gasteiger partial charge in [-0.15, -0.1) is 0 Å². The zero-order valence-electron chi connectivity index (χ0n) is 19.4. The molecule has 2 atom stereocenters. The number of pyridine rings is 2. The summed E-state index contributed by atoms with van der Waals surface area (Å²) in [7, 11) is 0. The first-order chi connectivity index (χ1) is 16.4. The monoisotopic (exact) mass is 455 g/mol. The number of halogens is 1. The number of anilines is 1. The molecule has 0 saturated carbocycles. The molecule has 1 aromatic carbocycles. The molecule has 0 spiro atoms. The largest absolute Gasteiger partial charge is 0.482 e. The fourth-order valence-corrected chi connectivity index (χ4v) is 5.39. The van der Waals surface area contributed by atoms with Crippen LogP contribution in [-0.2, 0) is 6.42 Å². The van der Waals surface area contributed by atoms with Crippen LogP contribution in [0.25, 0.3) is 22.5 Å². The van der Waals surface area contributed by atoms with Crippen molar-refractivity contribution in [1.82, 2.24) is 19.7 Å². The molecule has 1 unspecified atom stereocenters. The molecule has 172 valence electrons. The molecule has 0 radical (unpaired) electrons. The Hall–Kier alpha value is -3.74. The van der Waals surface area contributed by atoms with Gasteiger partial charge in [0.1, 0.15) is 11.9 Å². The standard InChI is InChI=1S/C27H26FN5O/c1-14(2)33-26-16-11-23(27(29)31-13-16)34-15(3)21-12-17(28)6-7-20(21)25-19(5-4-10-30-25)18-8-9-22(32-33)24(18)26/h4-7,10-15,18H,8-9H2,1-3H3,(H2,29,31)/t15-,18?/m1/s1. The summed E-state index contributed by atoms with van der Waals surface area (Å²) in [6.45, 7) is 6.17. The van der Waals surface area contributed by atoms with Gasteiger partial charge < -0.3 is 10.5 Å². The number of hydrogen-bond donors (Lipinski definition) is 1. The van der Waals surface area contributed by atoms with Crippen LogP contribution in [0.3, 0.4) is 0 Å². The van der Waals surface area contributed by atoms with Gasteiger partial charge in [-0.25, -0.2) is 9.37 Å². The zero-order valence-corrected chi connectivity index (χ0v) is 19.4. The number of nitrogen functional groups attached to an aromatic ring is 1. The molecule has 0 fully saturated rings. The maximum Gasteiger partial charge on any atom is 0.166 e. The SMILES string of the molecule is CC(C)n1nc2c3c1-c1cnc(N)c(c1)O[C@H](C)c1cc(F)ccc1-c1ncccc1C3CC2. The van der Waals surface area contributed by atoms with Crippen molar-refractivity contribution in [3.8, 4) is 28.3 Å². The first-order valence-electron chi connectivity index (χ1n) is 11.7. The molecule has 2 N–H and O–H groups in total. The van der Waals surface area contributed by atoms with Gasteiger partial charge in [-0.05, 0) is 69.5 Å². The molecule has 0 amide bonds. The van der Waals surface area contributed by atoms with Gasteiger partial charge in [-0.3, -0.25) is 9.67 Å². The van der Waals surface area contributed by atoms with Crippen molar-refractivity contribution in [2.45, 2.75) is 51.7 Å². The summed E-state index contributed by atoms with van der Waals surface area (Å²) in [5.74, 6) is 0.577. The highest BCUT2D eigenvalue weighted by Gasteiger charge is 2.35. The number of benzene rings is 1. The van der Waals surface area contributed by atoms with Crippen molar-refractivity contribution >= 4 is 5.82 Å². The van der Waals surface area contributed by atoms with Crippen LogP contribution >= 0.6 is 0 Å². The quantitative estimate of drug-likeness (QED) is 0.390. The van der Waals surface area contributed by atoms with Crippen LogP contribution in [0.2, 0.25) is 0 Å². The van der Waals surface area contributed by atoms with Crippen molar-refractivity contribution in [3.63, 3.8) is 0 Å². The van der Waals surface area contributed by atoms with Crippen LogP contribution < -0.4 is 10.5 Å². The second-order valence-electron chi connectivity index (χ2n) is 9.38. The van der Waals surface area contributed by atoms with Gasteiger partial charge in [0, 0.05) is 46.6 Å². The maximum absolute atomic E-state index is 14.4. The number of aryl methyl sites for hydroxylation is 1. The van der Waals surface area contributed by atoms with Gasteiger partial charge in [-0.1, -0.05) is 6.07 Å². The number of rotatable bonds is 1. The third-order valence-corrected chi connectivity index (χ3v) is 6.91. The average molecular weight is 456 g/mol. The molecule has 34 heavy (non-hydrogen) atoms. The van der Waals surface area contributed by atoms with E-state index in [1.807, 2.05) is 19.1 Å². The maximum atomic E-state index is 14.4. The smallest absolute Gasteiger partial charge is 0.166 e. The van der Waals surface area contributed by atoms with E-state index in [0.717, 1.165) is 52.2 Å². The summed E-state index contributed by atoms with van der Waals surface area (Å²) in [5.41, 5.74) is 14.0. The lowest BCUT2D eigenvalue weighted by Crippen LogP contribution is -2.12. The number of hydrogen-bond acceptors (Lipinski definition) is 5. The van der Waals surface area contributed by atoms with Gasteiger partial charge >= 0.3 is 0 Å². The van der Waals surface area contributed by atoms with Crippen LogP contribution in [0, 0.1) is 5.82 Å². The van der Waals surface area contributed by atoms with E-state index in [4.69, 9.17) is 20.6 Å². The van der Waals surface area contributed by atoms with E-state index in [-0.39, 0.29) is 17.8 Å². The minimum absolute atomic E-state index is 0.121. The predicted molar refractivity (Wildman–Crippen MR) is 129 cm³/mol. The topological polar surface area (TPSA) is 78.9 Å². The average Bonchev–Trinajstić information content (AvgIpc) is 3.40. The van der Waals surface area contributed by atoms with E-state index in [2.05, 4.69) is 29.6 Å². The summed E-state index contributed by atoms with van der Waals surface area (Å²) < 4.78 is 22.8. The Morgan fingerprint density at radius 2 is 2.00 bits per heavy atom. The molecule has 3 aromatic heterocycles. The lowest BCUT2D eigenvalue weighted by atomic mass is 9.86. The molecule has 2 aliphatic rings. The van der Waals surface area contributed by atoms with E-state index in [9.17, 15) is 4.39 Å². The minimum atomic E-state index is -0.465. The van der Waals surface area contributed by atoms with Gasteiger partial charge in [0.25, 0.3) is 0 Å². The van der Waals surface area contributed by atoms with Gasteiger partial charge in [0.05, 0.1) is 17.1 Å². The zero-order chi connectivity index (χ0) is 23.6. The molecule has 6 nitrogen and oxygen atoms in total. The van der Waals surface area contributed by atoms with E-state index in [1.54, 1.807) is 18.5 Å². The number of nitrogens with zero attached hydrogens (tertiary/aromatic N) is 4. The Labute approximate surface area is 197 Å². The number of aromatic nitrogens is 4. The van der Waals surface area contributed by atoms with Gasteiger partial charge in [0.2, 0.25) is 0 Å². The summed E-state index contributed by atoms with van der Waals surface area (Å²) in [4.78, 5) is 9.25. The van der Waals surface area contributed by atoms with Crippen molar-refractivity contribution < 1.29 is 9.13 Å². The third kappa shape index (κ3) is 3.10. The Morgan fingerprint density at radius 1 is 1.15 bits per heavy atom. The van der Waals surface area contributed by atoms with E-state index in [1.165, 1.54) is 17.7 Å². The second kappa shape index (κ2) is 7.65. The summed E-state index contributed by atoms with van der Waals surface area (Å²) in [6.07, 6.45) is 4.96. The van der Waals surface area contributed by atoms with Gasteiger partial charge in [0.15, 0.2) is 11.6 Å². The lowest BCUT2D eigenvalue weighted by Gasteiger charge is -2.24. The second-order valence-corrected chi connectivity index (χ2v) is 9.38. The minimum Gasteiger partial charge on any atom is -0.482 e. The van der Waals surface area contributed by atoms with Gasteiger partial charge in [-0.2, -0.15) is 5.10 Å². The number of nitrogens with two attached hydrogens (primary N) is 1. The molecule has 0 saturated heterocycles. The van der Waals surface area contributed by atoms with Crippen LogP contribution in [-0.4, -0.2) is 19.7 Å². The van der Waals surface area contributed by atoms with Crippen molar-refractivity contribution in [1.29, 1.82) is 0 Å². The predicted octanol–water partition coefficient (Wildman–Crippen LogP) is 5.84. The molecule has 2 bridgehead atoms. The first kappa shape index (κ1) is 20.8. The number of fused-ring (bicyclic) bond motifs is 7. The Bertz CT molecular complexity index is 1430. The normalized spacial score (nSPS) is 18.4. The van der Waals surface area contributed by atoms with E-state index in [0.29, 0.717) is 11.6 Å². The lowest BCUT2D eigenvalue weighted by molar-refractivity contribution is 0.227. The molecule has 1 aliphatic heterocycles. The van der Waals surface area contributed by atoms with Crippen molar-refractivity contribution in [2.24, 2.45) is 0 Å². The Balaban J connectivity index is 1.71. The van der Waals surface area contributed by atoms with Crippen LogP contribution in [0.5, 0.6) is 5.75 Å².